The predicted octanol–water partition coefficient (Wildman–Crippen LogP) is 0.779. The first-order valence-corrected chi connectivity index (χ1v) is 6.16. The van der Waals surface area contributed by atoms with Crippen molar-refractivity contribution >= 4 is 24.6 Å². The van der Waals surface area contributed by atoms with Gasteiger partial charge in [0.15, 0.2) is 0 Å². The number of carbonyl (C=O) groups excluding carboxylic acids is 2. The number of ether oxygens (including phenoxy) is 2. The first-order chi connectivity index (χ1) is 7.80. The third-order valence-electron chi connectivity index (χ3n) is 1.67. The highest BCUT2D eigenvalue weighted by Gasteiger charge is 2.21. The maximum absolute atomic E-state index is 11.4. The number of carbonyl (C=O) groups is 2. The van der Waals surface area contributed by atoms with Crippen LogP contribution >= 0.6 is 12.6 Å². The molecule has 1 N–H and O–H groups in total. The van der Waals surface area contributed by atoms with Crippen molar-refractivity contribution in [3.8, 4) is 0 Å². The van der Waals surface area contributed by atoms with Gasteiger partial charge in [0, 0.05) is 5.75 Å². The van der Waals surface area contributed by atoms with Crippen LogP contribution in [0.5, 0.6) is 0 Å². The fourth-order valence-corrected chi connectivity index (χ4v) is 1.33. The zero-order valence-corrected chi connectivity index (χ0v) is 11.7. The van der Waals surface area contributed by atoms with Crippen LogP contribution in [0.3, 0.4) is 0 Å². The molecule has 0 bridgehead atoms. The van der Waals surface area contributed by atoms with Crippen molar-refractivity contribution in [1.29, 1.82) is 0 Å². The van der Waals surface area contributed by atoms with Crippen molar-refractivity contribution in [2.75, 3.05) is 18.9 Å². The minimum atomic E-state index is -0.592. The van der Waals surface area contributed by atoms with Crippen LogP contribution in [-0.4, -0.2) is 42.5 Å². The lowest BCUT2D eigenvalue weighted by Gasteiger charge is -2.20. The normalized spacial score (nSPS) is 13.0. The Hall–Kier alpha value is -0.750. The molecule has 0 aliphatic rings. The van der Waals surface area contributed by atoms with Gasteiger partial charge in [-0.05, 0) is 27.7 Å². The predicted molar refractivity (Wildman–Crippen MR) is 68.1 cm³/mol. The molecular formula is C11H21NO4S. The lowest BCUT2D eigenvalue weighted by Crippen LogP contribution is -2.43. The smallest absolute Gasteiger partial charge is 0.323 e. The zero-order chi connectivity index (χ0) is 13.5. The lowest BCUT2D eigenvalue weighted by molar-refractivity contribution is -0.154. The first kappa shape index (κ1) is 16.2. The summed E-state index contributed by atoms with van der Waals surface area (Å²) in [6.07, 6.45) is 0. The summed E-state index contributed by atoms with van der Waals surface area (Å²) in [6.45, 7) is 7.34. The van der Waals surface area contributed by atoms with E-state index in [1.165, 1.54) is 0 Å². The fourth-order valence-electron chi connectivity index (χ4n) is 1.05. The molecule has 1 atom stereocenters. The molecule has 0 radical (unpaired) electrons. The molecule has 0 rings (SSSR count). The number of hydrogen-bond donors (Lipinski definition) is 2. The Balaban J connectivity index is 4.07. The van der Waals surface area contributed by atoms with Crippen LogP contribution < -0.4 is 5.32 Å². The average molecular weight is 263 g/mol. The largest absolute Gasteiger partial charge is 0.465 e. The quantitative estimate of drug-likeness (QED) is 0.547. The average Bonchev–Trinajstić information content (AvgIpc) is 2.16. The van der Waals surface area contributed by atoms with Gasteiger partial charge >= 0.3 is 11.9 Å². The molecule has 0 fully saturated rings. The third-order valence-corrected chi connectivity index (χ3v) is 2.03. The van der Waals surface area contributed by atoms with Gasteiger partial charge in [0.25, 0.3) is 0 Å². The van der Waals surface area contributed by atoms with Crippen molar-refractivity contribution in [3.05, 3.63) is 0 Å². The summed E-state index contributed by atoms with van der Waals surface area (Å²) in [6, 6.07) is -0.592. The second kappa shape index (κ2) is 7.55. The number of thiol groups is 1. The molecule has 0 aromatic carbocycles. The molecule has 6 heteroatoms. The van der Waals surface area contributed by atoms with Crippen molar-refractivity contribution in [2.24, 2.45) is 0 Å². The van der Waals surface area contributed by atoms with Crippen LogP contribution in [0, 0.1) is 0 Å². The molecule has 0 aromatic heterocycles. The van der Waals surface area contributed by atoms with Crippen LogP contribution in [0.2, 0.25) is 0 Å². The van der Waals surface area contributed by atoms with Crippen molar-refractivity contribution in [2.45, 2.75) is 39.3 Å². The van der Waals surface area contributed by atoms with Gasteiger partial charge in [-0.3, -0.25) is 14.9 Å². The monoisotopic (exact) mass is 263 g/mol. The van der Waals surface area contributed by atoms with Gasteiger partial charge in [-0.25, -0.2) is 0 Å². The SMILES string of the molecule is CCOC(=O)[C@H](CS)NCC(=O)OC(C)(C)C. The second-order valence-electron chi connectivity index (χ2n) is 4.45. The summed E-state index contributed by atoms with van der Waals surface area (Å²) < 4.78 is 9.92. The van der Waals surface area contributed by atoms with Gasteiger partial charge in [-0.2, -0.15) is 12.6 Å². The summed E-state index contributed by atoms with van der Waals surface area (Å²) in [5.41, 5.74) is -0.529. The third kappa shape index (κ3) is 8.04. The van der Waals surface area contributed by atoms with Crippen LogP contribution in [0.25, 0.3) is 0 Å². The molecule has 0 amide bonds. The fraction of sp³-hybridized carbons (Fsp3) is 0.818. The number of esters is 2. The van der Waals surface area contributed by atoms with Gasteiger partial charge in [0.1, 0.15) is 11.6 Å². The molecule has 0 aromatic rings. The second-order valence-corrected chi connectivity index (χ2v) is 4.82. The molecule has 100 valence electrons. The summed E-state index contributed by atoms with van der Waals surface area (Å²) in [7, 11) is 0. The molecule has 0 saturated heterocycles. The van der Waals surface area contributed by atoms with Crippen LogP contribution in [0.4, 0.5) is 0 Å². The number of nitrogens with one attached hydrogen (secondary N) is 1. The summed E-state index contributed by atoms with van der Waals surface area (Å²) in [5.74, 6) is -0.554. The number of rotatable bonds is 6. The lowest BCUT2D eigenvalue weighted by atomic mass is 10.2. The summed E-state index contributed by atoms with van der Waals surface area (Å²) >= 11 is 4.02. The van der Waals surface area contributed by atoms with Gasteiger partial charge in [-0.15, -0.1) is 0 Å². The molecule has 0 saturated carbocycles. The molecule has 0 aliphatic heterocycles. The van der Waals surface area contributed by atoms with Crippen LogP contribution in [0.15, 0.2) is 0 Å². The van der Waals surface area contributed by atoms with Gasteiger partial charge < -0.3 is 9.47 Å². The Morgan fingerprint density at radius 1 is 1.35 bits per heavy atom. The van der Waals surface area contributed by atoms with Gasteiger partial charge in [0.05, 0.1) is 13.2 Å². The Morgan fingerprint density at radius 3 is 2.35 bits per heavy atom. The Kier molecular flexibility index (Phi) is 7.22. The molecule has 0 heterocycles. The van der Waals surface area contributed by atoms with E-state index < -0.39 is 23.6 Å². The first-order valence-electron chi connectivity index (χ1n) is 5.53. The van der Waals surface area contributed by atoms with Crippen LogP contribution in [-0.2, 0) is 19.1 Å². The van der Waals surface area contributed by atoms with Crippen LogP contribution in [0.1, 0.15) is 27.7 Å². The molecule has 17 heavy (non-hydrogen) atoms. The van der Waals surface area contributed by atoms with E-state index in [1.54, 1.807) is 27.7 Å². The van der Waals surface area contributed by atoms with Gasteiger partial charge in [-0.1, -0.05) is 0 Å². The Bertz CT molecular complexity index is 263. The minimum absolute atomic E-state index is 0.0404. The Morgan fingerprint density at radius 2 is 1.94 bits per heavy atom. The van der Waals surface area contributed by atoms with E-state index >= 15 is 0 Å². The summed E-state index contributed by atoms with van der Waals surface area (Å²) in [4.78, 5) is 22.8. The maximum atomic E-state index is 11.4. The molecule has 0 unspecified atom stereocenters. The highest BCUT2D eigenvalue weighted by molar-refractivity contribution is 7.80. The molecular weight excluding hydrogens is 242 g/mol. The van der Waals surface area contributed by atoms with E-state index in [4.69, 9.17) is 9.47 Å². The van der Waals surface area contributed by atoms with E-state index in [-0.39, 0.29) is 12.3 Å². The van der Waals surface area contributed by atoms with E-state index in [9.17, 15) is 9.59 Å². The molecule has 0 spiro atoms. The van der Waals surface area contributed by atoms with Crippen molar-refractivity contribution in [1.82, 2.24) is 5.32 Å². The van der Waals surface area contributed by atoms with E-state index in [0.717, 1.165) is 0 Å². The molecule has 5 nitrogen and oxygen atoms in total. The Labute approximate surface area is 108 Å². The van der Waals surface area contributed by atoms with E-state index in [0.29, 0.717) is 6.61 Å². The summed E-state index contributed by atoms with van der Waals surface area (Å²) in [5, 5.41) is 2.75. The highest BCUT2D eigenvalue weighted by Crippen LogP contribution is 2.06. The minimum Gasteiger partial charge on any atom is -0.465 e. The number of hydrogen-bond acceptors (Lipinski definition) is 6. The van der Waals surface area contributed by atoms with E-state index in [1.807, 2.05) is 0 Å². The molecule has 0 aliphatic carbocycles. The standard InChI is InChI=1S/C11H21NO4S/c1-5-15-10(14)8(7-17)12-6-9(13)16-11(2,3)4/h8,12,17H,5-7H2,1-4H3/t8-/m0/s1. The highest BCUT2D eigenvalue weighted by atomic mass is 32.1. The zero-order valence-electron chi connectivity index (χ0n) is 10.8. The topological polar surface area (TPSA) is 64.6 Å². The van der Waals surface area contributed by atoms with Gasteiger partial charge in [0.2, 0.25) is 0 Å². The van der Waals surface area contributed by atoms with Crippen molar-refractivity contribution < 1.29 is 19.1 Å². The maximum Gasteiger partial charge on any atom is 0.323 e. The van der Waals surface area contributed by atoms with E-state index in [2.05, 4.69) is 17.9 Å². The van der Waals surface area contributed by atoms with Crippen molar-refractivity contribution in [3.63, 3.8) is 0 Å².